The first-order valence-electron chi connectivity index (χ1n) is 0. The Morgan fingerprint density at radius 3 is 0.333 bits per heavy atom. The van der Waals surface area contributed by atoms with Crippen molar-refractivity contribution in [3.05, 3.63) is 0 Å². The van der Waals surface area contributed by atoms with Crippen LogP contribution in [0.1, 0.15) is 0 Å². The van der Waals surface area contributed by atoms with Crippen LogP contribution in [0.5, 0.6) is 0 Å². The van der Waals surface area contributed by atoms with E-state index in [1.807, 2.05) is 0 Å². The molecule has 0 heterocycles. The molecule has 0 saturated carbocycles. The summed E-state index contributed by atoms with van der Waals surface area (Å²) in [5, 5.41) is 0. The van der Waals surface area contributed by atoms with Crippen LogP contribution < -0.4 is 0 Å². The van der Waals surface area contributed by atoms with E-state index in [0.717, 1.165) is 0 Å². The molecule has 8 N–H and O–H groups in total. The monoisotopic (exact) mass is 351 g/mol. The normalized spacial score (nSPS) is 0. The van der Waals surface area contributed by atoms with Gasteiger partial charge in [-0.25, -0.2) is 0 Å². The minimum absolute atomic E-state index is 0. The zero-order valence-electron chi connectivity index (χ0n) is 5.25. The van der Waals surface area contributed by atoms with Gasteiger partial charge in [-0.05, 0) is 0 Å². The van der Waals surface area contributed by atoms with E-state index in [2.05, 4.69) is 0 Å². The second kappa shape index (κ2) is 351. The second-order valence-electron chi connectivity index (χ2n) is 0. The van der Waals surface area contributed by atoms with Crippen molar-refractivity contribution in [3.63, 3.8) is 0 Å². The SMILES string of the molecule is [Ca+2].[Co+2].[Ni+2].[Ni+2].[OH-].[OH-].[OH-].[OH-].[OH-].[OH-].[OH-].[OH-]. The topological polar surface area (TPSA) is 240 Å². The van der Waals surface area contributed by atoms with Crippen LogP contribution in [-0.4, -0.2) is 81.5 Å². The van der Waals surface area contributed by atoms with Crippen molar-refractivity contribution in [2.45, 2.75) is 0 Å². The summed E-state index contributed by atoms with van der Waals surface area (Å²) in [6, 6.07) is 0. The first-order valence-corrected chi connectivity index (χ1v) is 0. The fourth-order valence-electron chi connectivity index (χ4n) is 0. The fourth-order valence-corrected chi connectivity index (χ4v) is 0. The molecule has 1 radical (unpaired) electrons. The summed E-state index contributed by atoms with van der Waals surface area (Å²) in [5.41, 5.74) is 0. The molecule has 0 aromatic heterocycles. The van der Waals surface area contributed by atoms with Crippen molar-refractivity contribution in [3.8, 4) is 0 Å². The Balaban J connectivity index is 0. The van der Waals surface area contributed by atoms with Gasteiger partial charge in [0.2, 0.25) is 0 Å². The van der Waals surface area contributed by atoms with Crippen LogP contribution >= 0.6 is 0 Å². The Morgan fingerprint density at radius 2 is 0.333 bits per heavy atom. The van der Waals surface area contributed by atoms with Gasteiger partial charge in [0.15, 0.2) is 0 Å². The molecule has 12 heavy (non-hydrogen) atoms. The maximum absolute atomic E-state index is 0. The molecule has 0 rings (SSSR count). The van der Waals surface area contributed by atoms with Gasteiger partial charge in [-0.3, -0.25) is 0 Å². The summed E-state index contributed by atoms with van der Waals surface area (Å²) in [6.07, 6.45) is 0. The van der Waals surface area contributed by atoms with E-state index in [1.165, 1.54) is 0 Å². The number of rotatable bonds is 0. The molecular weight excluding hydrogens is 344 g/mol. The van der Waals surface area contributed by atoms with Gasteiger partial charge in [-0.15, -0.1) is 0 Å². The van der Waals surface area contributed by atoms with Crippen molar-refractivity contribution in [2.75, 3.05) is 0 Å². The predicted molar refractivity (Wildman–Crippen MR) is 21.2 cm³/mol. The maximum atomic E-state index is 0. The minimum Gasteiger partial charge on any atom is -0.870 e. The third-order valence-corrected chi connectivity index (χ3v) is 0. The fraction of sp³-hybridized carbons (Fsp3) is 0. The van der Waals surface area contributed by atoms with Crippen LogP contribution in [0.3, 0.4) is 0 Å². The van der Waals surface area contributed by atoms with Gasteiger partial charge in [-0.1, -0.05) is 0 Å². The molecule has 0 unspecified atom stereocenters. The standard InChI is InChI=1S/Ca.Co.2Ni.8H2O/h;;;;8*1H2/q4*+2;;;;;;;;/p-8. The van der Waals surface area contributed by atoms with Crippen LogP contribution in [-0.2, 0) is 49.8 Å². The maximum Gasteiger partial charge on any atom is 2.00 e. The van der Waals surface area contributed by atoms with Crippen molar-refractivity contribution in [1.29, 1.82) is 0 Å². The van der Waals surface area contributed by atoms with Crippen molar-refractivity contribution >= 4 is 37.7 Å². The van der Waals surface area contributed by atoms with Gasteiger partial charge in [0.05, 0.1) is 0 Å². The van der Waals surface area contributed by atoms with Gasteiger partial charge >= 0.3 is 87.5 Å². The molecule has 0 atom stereocenters. The Kier molecular flexibility index (Phi) is 12900. The van der Waals surface area contributed by atoms with Crippen LogP contribution in [0, 0.1) is 0 Å². The van der Waals surface area contributed by atoms with Crippen molar-refractivity contribution in [1.82, 2.24) is 0 Å². The summed E-state index contributed by atoms with van der Waals surface area (Å²) in [4.78, 5) is 0. The molecule has 0 saturated heterocycles. The Morgan fingerprint density at radius 1 is 0.333 bits per heavy atom. The average Bonchev–Trinajstić information content (AvgIpc) is 0. The quantitative estimate of drug-likeness (QED) is 0.449. The van der Waals surface area contributed by atoms with E-state index >= 15 is 0 Å². The molecule has 0 aromatic rings. The molecule has 12 heteroatoms. The van der Waals surface area contributed by atoms with Gasteiger partial charge in [0.1, 0.15) is 0 Å². The molecule has 0 aliphatic rings. The van der Waals surface area contributed by atoms with Gasteiger partial charge in [-0.2, -0.15) is 0 Å². The van der Waals surface area contributed by atoms with E-state index in [4.69, 9.17) is 0 Å². The summed E-state index contributed by atoms with van der Waals surface area (Å²) < 4.78 is 0. The Bertz CT molecular complexity index is 17.0. The third kappa shape index (κ3) is 275. The summed E-state index contributed by atoms with van der Waals surface area (Å²) in [6.45, 7) is 0. The van der Waals surface area contributed by atoms with Crippen LogP contribution in [0.2, 0.25) is 0 Å². The van der Waals surface area contributed by atoms with E-state index in [0.29, 0.717) is 0 Å². The second-order valence-corrected chi connectivity index (χ2v) is 0. The first-order chi connectivity index (χ1) is 0. The smallest absolute Gasteiger partial charge is 0.870 e. The first kappa shape index (κ1) is 440. The summed E-state index contributed by atoms with van der Waals surface area (Å²) >= 11 is 0. The molecule has 0 bridgehead atoms. The largest absolute Gasteiger partial charge is 2.00 e. The zero-order valence-corrected chi connectivity index (χ0v) is 10.5. The van der Waals surface area contributed by atoms with Crippen LogP contribution in [0.15, 0.2) is 0 Å². The molecular formula is H8CaCoNi2O8. The number of hydrogen-bond acceptors (Lipinski definition) is 8. The van der Waals surface area contributed by atoms with Gasteiger partial charge in [0.25, 0.3) is 0 Å². The molecule has 0 aliphatic carbocycles. The molecule has 0 aliphatic heterocycles. The van der Waals surface area contributed by atoms with E-state index in [1.54, 1.807) is 0 Å². The molecule has 8 nitrogen and oxygen atoms in total. The number of hydrogen-bond donors (Lipinski definition) is 0. The van der Waals surface area contributed by atoms with E-state index < -0.39 is 0 Å². The molecule has 0 fully saturated rings. The van der Waals surface area contributed by atoms with Crippen molar-refractivity contribution in [2.24, 2.45) is 0 Å². The molecule has 0 aromatic carbocycles. The molecule has 0 amide bonds. The van der Waals surface area contributed by atoms with Crippen LogP contribution in [0.4, 0.5) is 0 Å². The molecule has 87 valence electrons. The summed E-state index contributed by atoms with van der Waals surface area (Å²) in [7, 11) is 0. The molecule has 0 spiro atoms. The predicted octanol–water partition coefficient (Wildman–Crippen LogP) is -1.80. The Labute approximate surface area is 130 Å². The van der Waals surface area contributed by atoms with Crippen LogP contribution in [0.25, 0.3) is 0 Å². The summed E-state index contributed by atoms with van der Waals surface area (Å²) in [5.74, 6) is 0. The van der Waals surface area contributed by atoms with E-state index in [9.17, 15) is 0 Å². The third-order valence-electron chi connectivity index (χ3n) is 0. The van der Waals surface area contributed by atoms with Gasteiger partial charge in [0, 0.05) is 0 Å². The van der Waals surface area contributed by atoms with E-state index in [-0.39, 0.29) is 131 Å². The van der Waals surface area contributed by atoms with Gasteiger partial charge < -0.3 is 43.8 Å². The Hall–Kier alpha value is 2.43. The zero-order chi connectivity index (χ0) is 0. The minimum atomic E-state index is 0. The average molecular weight is 352 g/mol. The van der Waals surface area contributed by atoms with Crippen molar-refractivity contribution < 1.29 is 93.6 Å².